The number of rotatable bonds is 5. The van der Waals surface area contributed by atoms with E-state index in [1.807, 2.05) is 28.7 Å². The van der Waals surface area contributed by atoms with Crippen LogP contribution in [0.4, 0.5) is 17.1 Å². The van der Waals surface area contributed by atoms with Crippen molar-refractivity contribution in [3.8, 4) is 22.3 Å². The summed E-state index contributed by atoms with van der Waals surface area (Å²) in [6.45, 7) is 0. The first-order valence-electron chi connectivity index (χ1n) is 17.5. The van der Waals surface area contributed by atoms with Crippen molar-refractivity contribution in [3.63, 3.8) is 0 Å². The van der Waals surface area contributed by atoms with E-state index in [4.69, 9.17) is 4.42 Å². The fraction of sp³-hybridized carbons (Fsp3) is 0. The number of fused-ring (bicyclic) bond motifs is 9. The Hall–Kier alpha value is -6.20. The molecule has 0 atom stereocenters. The molecular formula is C48H29NOS2. The molecular weight excluding hydrogens is 671 g/mol. The van der Waals surface area contributed by atoms with Crippen LogP contribution in [-0.2, 0) is 0 Å². The predicted molar refractivity (Wildman–Crippen MR) is 225 cm³/mol. The van der Waals surface area contributed by atoms with Gasteiger partial charge < -0.3 is 9.32 Å². The van der Waals surface area contributed by atoms with Crippen LogP contribution in [0.15, 0.2) is 180 Å². The second-order valence-corrected chi connectivity index (χ2v) is 15.4. The Labute approximate surface area is 308 Å². The lowest BCUT2D eigenvalue weighted by Gasteiger charge is -2.28. The largest absolute Gasteiger partial charge is 0.456 e. The van der Waals surface area contributed by atoms with Gasteiger partial charge in [0.25, 0.3) is 0 Å². The summed E-state index contributed by atoms with van der Waals surface area (Å²) in [6.07, 6.45) is 0. The van der Waals surface area contributed by atoms with E-state index in [9.17, 15) is 0 Å². The summed E-state index contributed by atoms with van der Waals surface area (Å²) in [7, 11) is 0. The van der Waals surface area contributed by atoms with E-state index in [0.29, 0.717) is 0 Å². The Morgan fingerprint density at radius 2 is 1.02 bits per heavy atom. The van der Waals surface area contributed by atoms with Crippen LogP contribution in [-0.4, -0.2) is 0 Å². The lowest BCUT2D eigenvalue weighted by Crippen LogP contribution is -2.11. The molecule has 0 saturated heterocycles. The van der Waals surface area contributed by atoms with Crippen LogP contribution in [0, 0.1) is 0 Å². The highest BCUT2D eigenvalue weighted by molar-refractivity contribution is 7.26. The third-order valence-electron chi connectivity index (χ3n) is 10.3. The average Bonchev–Trinajstić information content (AvgIpc) is 3.90. The molecule has 3 aromatic heterocycles. The minimum absolute atomic E-state index is 0.889. The summed E-state index contributed by atoms with van der Waals surface area (Å²) >= 11 is 3.75. The van der Waals surface area contributed by atoms with E-state index in [2.05, 4.69) is 175 Å². The van der Waals surface area contributed by atoms with Crippen molar-refractivity contribution < 1.29 is 4.42 Å². The van der Waals surface area contributed by atoms with Crippen LogP contribution in [0.1, 0.15) is 0 Å². The summed E-state index contributed by atoms with van der Waals surface area (Å²) in [5.41, 5.74) is 10.1. The zero-order valence-corrected chi connectivity index (χ0v) is 29.5. The Balaban J connectivity index is 1.30. The summed E-state index contributed by atoms with van der Waals surface area (Å²) < 4.78 is 11.5. The quantitative estimate of drug-likeness (QED) is 0.178. The van der Waals surface area contributed by atoms with Crippen LogP contribution < -0.4 is 4.90 Å². The second kappa shape index (κ2) is 11.7. The Bertz CT molecular complexity index is 3130. The fourth-order valence-corrected chi connectivity index (χ4v) is 10.3. The van der Waals surface area contributed by atoms with Gasteiger partial charge in [0.2, 0.25) is 0 Å². The highest BCUT2D eigenvalue weighted by atomic mass is 32.1. The van der Waals surface area contributed by atoms with Gasteiger partial charge >= 0.3 is 0 Å². The molecule has 0 aliphatic rings. The number of hydrogen-bond donors (Lipinski definition) is 0. The third kappa shape index (κ3) is 4.55. The molecule has 0 saturated carbocycles. The smallest absolute Gasteiger partial charge is 0.135 e. The summed E-state index contributed by atoms with van der Waals surface area (Å²) in [4.78, 5) is 2.52. The van der Waals surface area contributed by atoms with E-state index in [-0.39, 0.29) is 0 Å². The molecule has 0 radical (unpaired) electrons. The number of hydrogen-bond acceptors (Lipinski definition) is 4. The van der Waals surface area contributed by atoms with E-state index >= 15 is 0 Å². The lowest BCUT2D eigenvalue weighted by atomic mass is 9.98. The molecule has 4 heteroatoms. The van der Waals surface area contributed by atoms with E-state index in [0.717, 1.165) is 39.0 Å². The topological polar surface area (TPSA) is 16.4 Å². The minimum Gasteiger partial charge on any atom is -0.456 e. The number of anilines is 3. The van der Waals surface area contributed by atoms with Crippen molar-refractivity contribution in [2.75, 3.05) is 4.90 Å². The van der Waals surface area contributed by atoms with E-state index < -0.39 is 0 Å². The summed E-state index contributed by atoms with van der Waals surface area (Å²) in [5.74, 6) is 0. The normalized spacial score (nSPS) is 11.8. The SMILES string of the molecule is c1ccc(-c2cc(N(c3ccc4oc5ccccc5c4c3)c3ccc(-c4ccccc4)c4sc5ccccc5c34)c3c(c2)sc2ccccc23)cc1. The predicted octanol–water partition coefficient (Wildman–Crippen LogP) is 15.1. The molecule has 0 aliphatic carbocycles. The Morgan fingerprint density at radius 1 is 0.385 bits per heavy atom. The van der Waals surface area contributed by atoms with Gasteiger partial charge in [0.05, 0.1) is 11.4 Å². The first-order valence-corrected chi connectivity index (χ1v) is 19.1. The third-order valence-corrected chi connectivity index (χ3v) is 12.6. The number of thiophene rings is 2. The molecule has 11 rings (SSSR count). The molecule has 2 nitrogen and oxygen atoms in total. The molecule has 0 unspecified atom stereocenters. The molecule has 0 amide bonds. The van der Waals surface area contributed by atoms with Crippen LogP contribution >= 0.6 is 22.7 Å². The van der Waals surface area contributed by atoms with Crippen molar-refractivity contribution in [2.45, 2.75) is 0 Å². The maximum Gasteiger partial charge on any atom is 0.135 e. The maximum atomic E-state index is 6.36. The summed E-state index contributed by atoms with van der Waals surface area (Å²) in [5, 5.41) is 7.28. The monoisotopic (exact) mass is 699 g/mol. The van der Waals surface area contributed by atoms with Gasteiger partial charge in [-0.1, -0.05) is 121 Å². The Morgan fingerprint density at radius 3 is 1.81 bits per heavy atom. The Kier molecular flexibility index (Phi) is 6.63. The minimum atomic E-state index is 0.889. The maximum absolute atomic E-state index is 6.36. The van der Waals surface area contributed by atoms with Crippen LogP contribution in [0.3, 0.4) is 0 Å². The van der Waals surface area contributed by atoms with Crippen molar-refractivity contribution in [3.05, 3.63) is 176 Å². The molecule has 0 spiro atoms. The van der Waals surface area contributed by atoms with Gasteiger partial charge in [0, 0.05) is 56.8 Å². The molecule has 11 aromatic rings. The molecule has 8 aromatic carbocycles. The highest BCUT2D eigenvalue weighted by Crippen LogP contribution is 2.52. The molecule has 244 valence electrons. The second-order valence-electron chi connectivity index (χ2n) is 13.2. The molecule has 3 heterocycles. The average molecular weight is 700 g/mol. The van der Waals surface area contributed by atoms with Crippen LogP contribution in [0.5, 0.6) is 0 Å². The van der Waals surface area contributed by atoms with Crippen LogP contribution in [0.2, 0.25) is 0 Å². The first-order chi connectivity index (χ1) is 25.8. The standard InChI is InChI=1S/C48H29NOS2/c1-3-13-30(14-4-1)32-27-40(46-36-18-8-11-21-43(36)51-45(46)28-32)49(33-23-26-42-38(29-33)35-17-7-10-20-41(35)50-42)39-25-24-34(31-15-5-2-6-16-31)48-47(39)37-19-9-12-22-44(37)52-48/h1-29H. The molecule has 0 bridgehead atoms. The number of nitrogens with zero attached hydrogens (tertiary/aromatic N) is 1. The number of benzene rings is 8. The highest BCUT2D eigenvalue weighted by Gasteiger charge is 2.25. The van der Waals surface area contributed by atoms with Gasteiger partial charge in [-0.3, -0.25) is 0 Å². The van der Waals surface area contributed by atoms with E-state index in [1.165, 1.54) is 62.6 Å². The van der Waals surface area contributed by atoms with Crippen molar-refractivity contribution in [1.29, 1.82) is 0 Å². The van der Waals surface area contributed by atoms with Crippen molar-refractivity contribution in [2.24, 2.45) is 0 Å². The van der Waals surface area contributed by atoms with Crippen molar-refractivity contribution in [1.82, 2.24) is 0 Å². The molecule has 0 fully saturated rings. The van der Waals surface area contributed by atoms with Gasteiger partial charge in [-0.15, -0.1) is 22.7 Å². The van der Waals surface area contributed by atoms with Gasteiger partial charge in [-0.05, 0) is 76.9 Å². The lowest BCUT2D eigenvalue weighted by molar-refractivity contribution is 0.669. The molecule has 0 N–H and O–H groups in total. The molecule has 0 aliphatic heterocycles. The van der Waals surface area contributed by atoms with Crippen LogP contribution in [0.25, 0.3) is 84.5 Å². The number of para-hydroxylation sites is 1. The first kappa shape index (κ1) is 29.5. The van der Waals surface area contributed by atoms with Gasteiger partial charge in [-0.25, -0.2) is 0 Å². The molecule has 52 heavy (non-hydrogen) atoms. The van der Waals surface area contributed by atoms with Gasteiger partial charge in [0.15, 0.2) is 0 Å². The van der Waals surface area contributed by atoms with E-state index in [1.54, 1.807) is 0 Å². The van der Waals surface area contributed by atoms with Gasteiger partial charge in [0.1, 0.15) is 11.2 Å². The summed E-state index contributed by atoms with van der Waals surface area (Å²) in [6, 6.07) is 63.8. The number of furan rings is 1. The zero-order valence-electron chi connectivity index (χ0n) is 27.9. The van der Waals surface area contributed by atoms with Crippen molar-refractivity contribution >= 4 is 102 Å². The van der Waals surface area contributed by atoms with Gasteiger partial charge in [-0.2, -0.15) is 0 Å². The fourth-order valence-electron chi connectivity index (χ4n) is 7.91. The zero-order chi connectivity index (χ0) is 34.2.